The number of hydrogen-bond acceptors (Lipinski definition) is 9. The van der Waals surface area contributed by atoms with E-state index in [0.29, 0.717) is 48.1 Å². The van der Waals surface area contributed by atoms with Crippen molar-refractivity contribution >= 4 is 50.7 Å². The van der Waals surface area contributed by atoms with Gasteiger partial charge < -0.3 is 20.3 Å². The van der Waals surface area contributed by atoms with Gasteiger partial charge >= 0.3 is 5.97 Å². The van der Waals surface area contributed by atoms with Crippen LogP contribution < -0.4 is 15.4 Å². The minimum atomic E-state index is -3.62. The summed E-state index contributed by atoms with van der Waals surface area (Å²) in [6, 6.07) is 5.29. The predicted octanol–water partition coefficient (Wildman–Crippen LogP) is 2.51. The second-order valence-corrected chi connectivity index (χ2v) is 12.6. The Kier molecular flexibility index (Phi) is 7.64. The minimum Gasteiger partial charge on any atom is -0.467 e. The van der Waals surface area contributed by atoms with E-state index in [2.05, 4.69) is 4.72 Å². The molecule has 40 heavy (non-hydrogen) atoms. The molecule has 2 saturated heterocycles. The molecule has 12 nitrogen and oxygen atoms in total. The number of methoxy groups -OCH3 is 1. The Hall–Kier alpha value is -3.42. The average Bonchev–Trinajstić information content (AvgIpc) is 3.50. The Morgan fingerprint density at radius 3 is 2.73 bits per heavy atom. The van der Waals surface area contributed by atoms with Gasteiger partial charge in [0.15, 0.2) is 5.65 Å². The number of ether oxygens (including phenoxy) is 1. The van der Waals surface area contributed by atoms with Gasteiger partial charge in [-0.3, -0.25) is 9.52 Å². The molecule has 2 aromatic heterocycles. The normalized spacial score (nSPS) is 21.6. The minimum absolute atomic E-state index is 0.169. The van der Waals surface area contributed by atoms with Crippen LogP contribution in [0.5, 0.6) is 0 Å². The predicted molar refractivity (Wildman–Crippen MR) is 151 cm³/mol. The number of piperidine rings is 1. The number of anilines is 2. The van der Waals surface area contributed by atoms with Crippen LogP contribution in [0.25, 0.3) is 5.65 Å². The standard InChI is InChI=1S/C26H32ClN7O5S/c1-15-13-34-23(29-24(15)33-14-17(28)11-22(33)26(36)39-2)12-20(30-34)21-6-4-5-9-32(21)25(35)18-10-16(27)7-8-19(18)31-40(3,37)38/h7-8,10,12-13,17,21-22,31H,4-6,9,11,14,28H2,1-3H3/t17-,21+,22-/m1/s1. The van der Waals surface area contributed by atoms with Crippen molar-refractivity contribution in [2.75, 3.05) is 36.1 Å². The van der Waals surface area contributed by atoms with Crippen molar-refractivity contribution in [3.8, 4) is 0 Å². The number of hydrogen-bond donors (Lipinski definition) is 2. The Bertz CT molecular complexity index is 1580. The van der Waals surface area contributed by atoms with Gasteiger partial charge in [-0.15, -0.1) is 0 Å². The number of nitrogens with one attached hydrogen (secondary N) is 1. The van der Waals surface area contributed by atoms with Gasteiger partial charge in [0.2, 0.25) is 10.0 Å². The highest BCUT2D eigenvalue weighted by molar-refractivity contribution is 7.92. The van der Waals surface area contributed by atoms with Crippen molar-refractivity contribution in [3.63, 3.8) is 0 Å². The third-order valence-electron chi connectivity index (χ3n) is 7.32. The fourth-order valence-corrected chi connectivity index (χ4v) is 6.30. The molecule has 2 aliphatic heterocycles. The van der Waals surface area contributed by atoms with E-state index in [1.807, 2.05) is 24.1 Å². The van der Waals surface area contributed by atoms with E-state index >= 15 is 0 Å². The van der Waals surface area contributed by atoms with Crippen molar-refractivity contribution in [2.24, 2.45) is 5.73 Å². The van der Waals surface area contributed by atoms with E-state index in [1.54, 1.807) is 9.42 Å². The molecule has 0 saturated carbocycles. The van der Waals surface area contributed by atoms with Crippen molar-refractivity contribution in [1.29, 1.82) is 0 Å². The number of aromatic nitrogens is 3. The molecule has 0 spiro atoms. The quantitative estimate of drug-likeness (QED) is 0.413. The zero-order valence-electron chi connectivity index (χ0n) is 22.5. The second kappa shape index (κ2) is 10.9. The number of amides is 1. The summed E-state index contributed by atoms with van der Waals surface area (Å²) in [5, 5.41) is 5.09. The maximum atomic E-state index is 13.8. The second-order valence-electron chi connectivity index (χ2n) is 10.4. The summed E-state index contributed by atoms with van der Waals surface area (Å²) in [6.45, 7) is 2.85. The molecule has 3 N–H and O–H groups in total. The Morgan fingerprint density at radius 1 is 1.23 bits per heavy atom. The maximum absolute atomic E-state index is 13.8. The number of benzene rings is 1. The van der Waals surface area contributed by atoms with Crippen LogP contribution in [0, 0.1) is 6.92 Å². The molecule has 2 aliphatic rings. The van der Waals surface area contributed by atoms with Gasteiger partial charge in [-0.25, -0.2) is 22.7 Å². The van der Waals surface area contributed by atoms with Crippen LogP contribution in [0.3, 0.4) is 0 Å². The number of sulfonamides is 1. The molecular formula is C26H32ClN7O5S. The van der Waals surface area contributed by atoms with E-state index in [1.165, 1.54) is 25.3 Å². The maximum Gasteiger partial charge on any atom is 0.328 e. The number of carbonyl (C=O) groups is 2. The number of esters is 1. The molecule has 0 aliphatic carbocycles. The lowest BCUT2D eigenvalue weighted by atomic mass is 9.98. The van der Waals surface area contributed by atoms with Crippen LogP contribution >= 0.6 is 11.6 Å². The lowest BCUT2D eigenvalue weighted by Crippen LogP contribution is -2.39. The lowest BCUT2D eigenvalue weighted by molar-refractivity contribution is -0.142. The Labute approximate surface area is 237 Å². The van der Waals surface area contributed by atoms with Gasteiger partial charge in [0.25, 0.3) is 5.91 Å². The van der Waals surface area contributed by atoms with Crippen LogP contribution in [-0.4, -0.2) is 78.3 Å². The summed E-state index contributed by atoms with van der Waals surface area (Å²) < 4.78 is 33.0. The van der Waals surface area contributed by atoms with Crippen molar-refractivity contribution in [1.82, 2.24) is 19.5 Å². The summed E-state index contributed by atoms with van der Waals surface area (Å²) in [4.78, 5) is 34.7. The summed E-state index contributed by atoms with van der Waals surface area (Å²) in [5.74, 6) is -0.0631. The Morgan fingerprint density at radius 2 is 2.00 bits per heavy atom. The smallest absolute Gasteiger partial charge is 0.328 e. The summed E-state index contributed by atoms with van der Waals surface area (Å²) in [6.07, 6.45) is 5.74. The number of halogens is 1. The molecule has 4 heterocycles. The summed E-state index contributed by atoms with van der Waals surface area (Å²) >= 11 is 6.20. The monoisotopic (exact) mass is 589 g/mol. The van der Waals surface area contributed by atoms with E-state index in [-0.39, 0.29) is 35.2 Å². The van der Waals surface area contributed by atoms with Crippen LogP contribution in [0.15, 0.2) is 30.5 Å². The van der Waals surface area contributed by atoms with Crippen LogP contribution in [0.1, 0.15) is 53.3 Å². The molecular weight excluding hydrogens is 558 g/mol. The molecule has 14 heteroatoms. The molecule has 0 unspecified atom stereocenters. The largest absolute Gasteiger partial charge is 0.467 e. The number of aryl methyl sites for hydroxylation is 1. The fraction of sp³-hybridized carbons (Fsp3) is 0.462. The number of fused-ring (bicyclic) bond motifs is 1. The van der Waals surface area contributed by atoms with Gasteiger partial charge in [0.05, 0.1) is 36.4 Å². The number of nitrogens with zero attached hydrogens (tertiary/aromatic N) is 5. The highest BCUT2D eigenvalue weighted by Gasteiger charge is 2.38. The lowest BCUT2D eigenvalue weighted by Gasteiger charge is -2.35. The summed E-state index contributed by atoms with van der Waals surface area (Å²) in [5.41, 5.74) is 8.57. The van der Waals surface area contributed by atoms with Crippen molar-refractivity contribution < 1.29 is 22.7 Å². The third-order valence-corrected chi connectivity index (χ3v) is 8.14. The fourth-order valence-electron chi connectivity index (χ4n) is 5.55. The molecule has 0 bridgehead atoms. The topological polar surface area (TPSA) is 152 Å². The van der Waals surface area contributed by atoms with Crippen LogP contribution in [0.4, 0.5) is 11.5 Å². The van der Waals surface area contributed by atoms with Crippen molar-refractivity contribution in [3.05, 3.63) is 52.3 Å². The molecule has 3 aromatic rings. The van der Waals surface area contributed by atoms with Gasteiger partial charge in [-0.2, -0.15) is 5.10 Å². The van der Waals surface area contributed by atoms with E-state index < -0.39 is 16.1 Å². The first kappa shape index (κ1) is 28.1. The number of likely N-dealkylation sites (tertiary alicyclic amines) is 1. The highest BCUT2D eigenvalue weighted by Crippen LogP contribution is 2.35. The zero-order valence-corrected chi connectivity index (χ0v) is 24.1. The van der Waals surface area contributed by atoms with Gasteiger partial charge in [-0.05, 0) is 50.8 Å². The Balaban J connectivity index is 1.49. The molecule has 2 fully saturated rings. The van der Waals surface area contributed by atoms with Crippen LogP contribution in [0.2, 0.25) is 5.02 Å². The average molecular weight is 590 g/mol. The van der Waals surface area contributed by atoms with E-state index in [4.69, 9.17) is 32.2 Å². The third kappa shape index (κ3) is 5.58. The van der Waals surface area contributed by atoms with Gasteiger partial charge in [0.1, 0.15) is 11.9 Å². The summed E-state index contributed by atoms with van der Waals surface area (Å²) in [7, 11) is -2.26. The van der Waals surface area contributed by atoms with E-state index in [0.717, 1.165) is 24.7 Å². The number of carbonyl (C=O) groups excluding carboxylic acids is 2. The first-order valence-electron chi connectivity index (χ1n) is 13.0. The number of nitrogens with two attached hydrogens (primary N) is 1. The molecule has 5 rings (SSSR count). The first-order chi connectivity index (χ1) is 18.9. The molecule has 0 radical (unpaired) electrons. The SMILES string of the molecule is COC(=O)[C@H]1C[C@@H](N)CN1c1nc2cc([C@@H]3CCCCN3C(=O)c3cc(Cl)ccc3NS(C)(=O)=O)nn2cc1C. The highest BCUT2D eigenvalue weighted by atomic mass is 35.5. The zero-order chi connectivity index (χ0) is 28.8. The molecule has 214 valence electrons. The van der Waals surface area contributed by atoms with Gasteiger partial charge in [0, 0.05) is 42.0 Å². The van der Waals surface area contributed by atoms with Crippen molar-refractivity contribution in [2.45, 2.75) is 50.7 Å². The molecule has 1 amide bonds. The molecule has 3 atom stereocenters. The van der Waals surface area contributed by atoms with E-state index in [9.17, 15) is 18.0 Å². The van der Waals surface area contributed by atoms with Gasteiger partial charge in [-0.1, -0.05) is 11.6 Å². The van der Waals surface area contributed by atoms with Crippen LogP contribution in [-0.2, 0) is 19.6 Å². The molecule has 1 aromatic carbocycles. The number of rotatable bonds is 6. The first-order valence-corrected chi connectivity index (χ1v) is 15.3.